The maximum Gasteiger partial charge on any atom is 0.251 e. The monoisotopic (exact) mass is 391 g/mol. The van der Waals surface area contributed by atoms with Crippen molar-refractivity contribution in [3.63, 3.8) is 0 Å². The van der Waals surface area contributed by atoms with Crippen LogP contribution in [0.4, 0.5) is 24.7 Å². The van der Waals surface area contributed by atoms with E-state index in [-0.39, 0.29) is 23.6 Å². The highest BCUT2D eigenvalue weighted by Crippen LogP contribution is 2.23. The zero-order valence-electron chi connectivity index (χ0n) is 13.8. The fourth-order valence-corrected chi connectivity index (χ4v) is 2.52. The zero-order chi connectivity index (χ0) is 19.4. The molecule has 1 amide bonds. The van der Waals surface area contributed by atoms with Crippen molar-refractivity contribution in [2.75, 3.05) is 5.32 Å². The molecule has 27 heavy (non-hydrogen) atoms. The van der Waals surface area contributed by atoms with Gasteiger partial charge in [-0.1, -0.05) is 29.8 Å². The predicted molar refractivity (Wildman–Crippen MR) is 96.5 cm³/mol. The van der Waals surface area contributed by atoms with Crippen LogP contribution in [0.2, 0.25) is 5.02 Å². The summed E-state index contributed by atoms with van der Waals surface area (Å²) in [5.41, 5.74) is 0.710. The first-order valence-electron chi connectivity index (χ1n) is 7.84. The van der Waals surface area contributed by atoms with Crippen LogP contribution in [0.3, 0.4) is 0 Å². The molecule has 0 aliphatic carbocycles. The number of rotatable bonds is 5. The molecule has 0 radical (unpaired) electrons. The lowest BCUT2D eigenvalue weighted by molar-refractivity contribution is 0.0951. The normalized spacial score (nSPS) is 10.5. The first-order chi connectivity index (χ1) is 13.0. The van der Waals surface area contributed by atoms with E-state index in [1.165, 1.54) is 18.3 Å². The summed E-state index contributed by atoms with van der Waals surface area (Å²) in [7, 11) is 0. The molecule has 2 N–H and O–H groups in total. The smallest absolute Gasteiger partial charge is 0.251 e. The second-order valence-corrected chi connectivity index (χ2v) is 5.96. The topological polar surface area (TPSA) is 54.0 Å². The summed E-state index contributed by atoms with van der Waals surface area (Å²) in [6.07, 6.45) is 1.34. The van der Waals surface area contributed by atoms with Crippen LogP contribution in [-0.2, 0) is 6.54 Å². The van der Waals surface area contributed by atoms with Crippen molar-refractivity contribution in [2.24, 2.45) is 0 Å². The van der Waals surface area contributed by atoms with Crippen molar-refractivity contribution in [1.29, 1.82) is 0 Å². The number of benzene rings is 2. The molecule has 0 atom stereocenters. The predicted octanol–water partition coefficient (Wildman–Crippen LogP) is 4.83. The van der Waals surface area contributed by atoms with Gasteiger partial charge in [-0.2, -0.15) is 0 Å². The molecule has 0 fully saturated rings. The van der Waals surface area contributed by atoms with Crippen LogP contribution in [0.25, 0.3) is 0 Å². The maximum absolute atomic E-state index is 13.8. The van der Waals surface area contributed by atoms with Crippen molar-refractivity contribution in [3.8, 4) is 0 Å². The van der Waals surface area contributed by atoms with Crippen molar-refractivity contribution < 1.29 is 18.0 Å². The van der Waals surface area contributed by atoms with Gasteiger partial charge < -0.3 is 10.6 Å². The molecule has 1 aromatic heterocycles. The van der Waals surface area contributed by atoms with E-state index in [4.69, 9.17) is 11.6 Å². The van der Waals surface area contributed by atoms with E-state index in [9.17, 15) is 18.0 Å². The highest BCUT2D eigenvalue weighted by Gasteiger charge is 2.14. The Kier molecular flexibility index (Phi) is 5.61. The van der Waals surface area contributed by atoms with Crippen LogP contribution >= 0.6 is 11.6 Å². The van der Waals surface area contributed by atoms with Crippen LogP contribution in [0, 0.1) is 17.5 Å². The third-order valence-electron chi connectivity index (χ3n) is 3.72. The third kappa shape index (κ3) is 4.38. The van der Waals surface area contributed by atoms with Crippen molar-refractivity contribution in [1.82, 2.24) is 10.3 Å². The summed E-state index contributed by atoms with van der Waals surface area (Å²) in [5, 5.41) is 5.77. The molecule has 0 spiro atoms. The number of halogens is 4. The van der Waals surface area contributed by atoms with Gasteiger partial charge in [0, 0.05) is 23.3 Å². The van der Waals surface area contributed by atoms with E-state index < -0.39 is 23.4 Å². The SMILES string of the molecule is O=C(NCc1ccccc1Cl)c1ccnc(Nc2ccc(F)c(F)c2F)c1. The lowest BCUT2D eigenvalue weighted by Crippen LogP contribution is -2.23. The number of carbonyl (C=O) groups is 1. The molecular formula is C19H13ClF3N3O. The number of pyridine rings is 1. The number of carbonyl (C=O) groups excluding carboxylic acids is 1. The van der Waals surface area contributed by atoms with Crippen molar-refractivity contribution in [3.05, 3.63) is 88.3 Å². The van der Waals surface area contributed by atoms with Crippen LogP contribution in [0.5, 0.6) is 0 Å². The Bertz CT molecular complexity index is 998. The van der Waals surface area contributed by atoms with E-state index in [1.807, 2.05) is 0 Å². The number of aromatic nitrogens is 1. The Morgan fingerprint density at radius 1 is 1.04 bits per heavy atom. The fraction of sp³-hybridized carbons (Fsp3) is 0.0526. The van der Waals surface area contributed by atoms with Crippen LogP contribution in [0.1, 0.15) is 15.9 Å². The molecule has 3 rings (SSSR count). The maximum atomic E-state index is 13.8. The van der Waals surface area contributed by atoms with Gasteiger partial charge in [0.1, 0.15) is 5.82 Å². The average molecular weight is 392 g/mol. The second-order valence-electron chi connectivity index (χ2n) is 5.55. The minimum Gasteiger partial charge on any atom is -0.348 e. The quantitative estimate of drug-likeness (QED) is 0.613. The van der Waals surface area contributed by atoms with Gasteiger partial charge in [-0.05, 0) is 35.9 Å². The molecule has 0 saturated carbocycles. The number of nitrogens with zero attached hydrogens (tertiary/aromatic N) is 1. The van der Waals surface area contributed by atoms with Gasteiger partial charge >= 0.3 is 0 Å². The van der Waals surface area contributed by atoms with E-state index in [2.05, 4.69) is 15.6 Å². The van der Waals surface area contributed by atoms with E-state index >= 15 is 0 Å². The van der Waals surface area contributed by atoms with Gasteiger partial charge in [0.2, 0.25) is 0 Å². The Labute approximate surface area is 158 Å². The Morgan fingerprint density at radius 2 is 1.81 bits per heavy atom. The number of hydrogen-bond acceptors (Lipinski definition) is 3. The minimum absolute atomic E-state index is 0.102. The van der Waals surface area contributed by atoms with E-state index in [0.717, 1.165) is 17.7 Å². The van der Waals surface area contributed by atoms with Gasteiger partial charge in [0.15, 0.2) is 17.5 Å². The number of hydrogen-bond donors (Lipinski definition) is 2. The Hall–Kier alpha value is -3.06. The van der Waals surface area contributed by atoms with Gasteiger partial charge in [-0.15, -0.1) is 0 Å². The molecule has 3 aromatic rings. The van der Waals surface area contributed by atoms with Crippen molar-refractivity contribution >= 4 is 29.0 Å². The molecule has 0 bridgehead atoms. The standard InChI is InChI=1S/C19H13ClF3N3O/c20-13-4-2-1-3-12(13)10-25-19(27)11-7-8-24-16(9-11)26-15-6-5-14(21)17(22)18(15)23/h1-9H,10H2,(H,24,26)(H,25,27). The summed E-state index contributed by atoms with van der Waals surface area (Å²) >= 11 is 6.04. The number of amides is 1. The molecule has 2 aromatic carbocycles. The molecule has 138 valence electrons. The molecule has 0 aliphatic heterocycles. The first-order valence-corrected chi connectivity index (χ1v) is 8.21. The highest BCUT2D eigenvalue weighted by atomic mass is 35.5. The summed E-state index contributed by atoms with van der Waals surface area (Å²) < 4.78 is 40.1. The molecular weight excluding hydrogens is 379 g/mol. The molecule has 1 heterocycles. The van der Waals surface area contributed by atoms with Crippen LogP contribution < -0.4 is 10.6 Å². The summed E-state index contributed by atoms with van der Waals surface area (Å²) in [5.74, 6) is -4.55. The summed E-state index contributed by atoms with van der Waals surface area (Å²) in [6, 6.07) is 11.8. The Morgan fingerprint density at radius 3 is 2.59 bits per heavy atom. The summed E-state index contributed by atoms with van der Waals surface area (Å²) in [4.78, 5) is 16.3. The van der Waals surface area contributed by atoms with E-state index in [1.54, 1.807) is 24.3 Å². The molecule has 0 saturated heterocycles. The lowest BCUT2D eigenvalue weighted by Gasteiger charge is -2.10. The fourth-order valence-electron chi connectivity index (χ4n) is 2.32. The van der Waals surface area contributed by atoms with E-state index in [0.29, 0.717) is 5.02 Å². The van der Waals surface area contributed by atoms with Gasteiger partial charge in [0.25, 0.3) is 5.91 Å². The van der Waals surface area contributed by atoms with Crippen LogP contribution in [0.15, 0.2) is 54.7 Å². The molecule has 4 nitrogen and oxygen atoms in total. The number of nitrogens with one attached hydrogen (secondary N) is 2. The van der Waals surface area contributed by atoms with Crippen molar-refractivity contribution in [2.45, 2.75) is 6.54 Å². The largest absolute Gasteiger partial charge is 0.348 e. The minimum atomic E-state index is -1.59. The average Bonchev–Trinajstić information content (AvgIpc) is 2.68. The highest BCUT2D eigenvalue weighted by molar-refractivity contribution is 6.31. The Balaban J connectivity index is 1.73. The zero-order valence-corrected chi connectivity index (χ0v) is 14.5. The van der Waals surface area contributed by atoms with Crippen LogP contribution in [-0.4, -0.2) is 10.9 Å². The lowest BCUT2D eigenvalue weighted by atomic mass is 10.2. The van der Waals surface area contributed by atoms with Gasteiger partial charge in [-0.3, -0.25) is 4.79 Å². The summed E-state index contributed by atoms with van der Waals surface area (Å²) in [6.45, 7) is 0.224. The van der Waals surface area contributed by atoms with Gasteiger partial charge in [-0.25, -0.2) is 18.2 Å². The molecule has 8 heteroatoms. The van der Waals surface area contributed by atoms with Gasteiger partial charge in [0.05, 0.1) is 5.69 Å². The third-order valence-corrected chi connectivity index (χ3v) is 4.09. The molecule has 0 unspecified atom stereocenters. The number of anilines is 2. The molecule has 0 aliphatic rings. The second kappa shape index (κ2) is 8.09. The first kappa shape index (κ1) is 18.7.